The van der Waals surface area contributed by atoms with Gasteiger partial charge in [0.25, 0.3) is 5.91 Å². The molecule has 0 spiro atoms. The average Bonchev–Trinajstić information content (AvgIpc) is 3.22. The second-order valence-electron chi connectivity index (χ2n) is 6.12. The zero-order valence-electron chi connectivity index (χ0n) is 13.3. The minimum Gasteiger partial charge on any atom is -0.350 e. The number of aryl methyl sites for hydroxylation is 1. The monoisotopic (exact) mass is 328 g/mol. The zero-order chi connectivity index (χ0) is 16.7. The molecular formula is C17H17FN4O2. The van der Waals surface area contributed by atoms with Crippen molar-refractivity contribution in [2.24, 2.45) is 7.05 Å². The third kappa shape index (κ3) is 2.77. The van der Waals surface area contributed by atoms with E-state index in [1.807, 2.05) is 0 Å². The number of hydrogen-bond donors (Lipinski definition) is 1. The molecule has 1 fully saturated rings. The van der Waals surface area contributed by atoms with Crippen LogP contribution in [0.15, 0.2) is 28.8 Å². The molecule has 6 nitrogen and oxygen atoms in total. The molecule has 1 aliphatic carbocycles. The van der Waals surface area contributed by atoms with Gasteiger partial charge in [-0.3, -0.25) is 4.79 Å². The van der Waals surface area contributed by atoms with Gasteiger partial charge < -0.3 is 14.4 Å². The highest BCUT2D eigenvalue weighted by Gasteiger charge is 2.28. The molecule has 0 unspecified atom stereocenters. The van der Waals surface area contributed by atoms with Gasteiger partial charge in [-0.1, -0.05) is 5.16 Å². The Labute approximate surface area is 137 Å². The molecule has 1 aromatic carbocycles. The molecule has 0 bridgehead atoms. The Morgan fingerprint density at radius 1 is 1.42 bits per heavy atom. The van der Waals surface area contributed by atoms with Crippen LogP contribution in [-0.2, 0) is 13.5 Å². The van der Waals surface area contributed by atoms with Crippen LogP contribution in [0.3, 0.4) is 0 Å². The normalized spacial score (nSPS) is 14.2. The lowest BCUT2D eigenvalue weighted by molar-refractivity contribution is 0.0945. The van der Waals surface area contributed by atoms with Crippen molar-refractivity contribution in [3.8, 4) is 0 Å². The Bertz CT molecular complexity index is 911. The third-order valence-corrected chi connectivity index (χ3v) is 4.29. The Kier molecular flexibility index (Phi) is 3.55. The first kappa shape index (κ1) is 14.9. The summed E-state index contributed by atoms with van der Waals surface area (Å²) in [6.07, 6.45) is 2.73. The molecule has 1 N–H and O–H groups in total. The highest BCUT2D eigenvalue weighted by Crippen LogP contribution is 2.38. The van der Waals surface area contributed by atoms with Crippen LogP contribution in [0.4, 0.5) is 4.39 Å². The second kappa shape index (κ2) is 5.74. The Hall–Kier alpha value is -2.70. The van der Waals surface area contributed by atoms with Gasteiger partial charge in [-0.25, -0.2) is 4.39 Å². The molecule has 2 aromatic heterocycles. The third-order valence-electron chi connectivity index (χ3n) is 4.29. The van der Waals surface area contributed by atoms with Gasteiger partial charge in [0.2, 0.25) is 5.89 Å². The van der Waals surface area contributed by atoms with Crippen LogP contribution in [0.25, 0.3) is 10.9 Å². The van der Waals surface area contributed by atoms with Crippen LogP contribution < -0.4 is 5.32 Å². The molecule has 0 saturated heterocycles. The van der Waals surface area contributed by atoms with Gasteiger partial charge >= 0.3 is 0 Å². The standard InChI is InChI=1S/C17H17FN4O2/c1-22-13-5-4-12(18)8-11(13)9-14(22)17(23)19-7-6-15-20-16(21-24-15)10-2-3-10/h4-5,8-10H,2-3,6-7H2,1H3,(H,19,23). The fourth-order valence-corrected chi connectivity index (χ4v) is 2.79. The predicted molar refractivity (Wildman–Crippen MR) is 85.2 cm³/mol. The number of fused-ring (bicyclic) bond motifs is 1. The van der Waals surface area contributed by atoms with E-state index < -0.39 is 0 Å². The van der Waals surface area contributed by atoms with Crippen molar-refractivity contribution in [1.82, 2.24) is 20.0 Å². The lowest BCUT2D eigenvalue weighted by Gasteiger charge is -2.05. The van der Waals surface area contributed by atoms with Gasteiger partial charge in [0.05, 0.1) is 0 Å². The molecule has 0 aliphatic heterocycles. The second-order valence-corrected chi connectivity index (χ2v) is 6.12. The Balaban J connectivity index is 1.41. The number of carbonyl (C=O) groups excluding carboxylic acids is 1. The highest BCUT2D eigenvalue weighted by atomic mass is 19.1. The van der Waals surface area contributed by atoms with E-state index in [1.165, 1.54) is 12.1 Å². The number of rotatable bonds is 5. The van der Waals surface area contributed by atoms with Crippen LogP contribution in [0, 0.1) is 5.82 Å². The number of hydrogen-bond acceptors (Lipinski definition) is 4. The van der Waals surface area contributed by atoms with Gasteiger partial charge in [0, 0.05) is 36.8 Å². The van der Waals surface area contributed by atoms with E-state index in [1.54, 1.807) is 23.7 Å². The summed E-state index contributed by atoms with van der Waals surface area (Å²) >= 11 is 0. The number of carbonyl (C=O) groups is 1. The summed E-state index contributed by atoms with van der Waals surface area (Å²) in [7, 11) is 1.79. The van der Waals surface area contributed by atoms with E-state index in [-0.39, 0.29) is 11.7 Å². The van der Waals surface area contributed by atoms with E-state index in [9.17, 15) is 9.18 Å². The van der Waals surface area contributed by atoms with E-state index in [4.69, 9.17) is 4.52 Å². The van der Waals surface area contributed by atoms with Crippen molar-refractivity contribution in [3.05, 3.63) is 47.5 Å². The molecular weight excluding hydrogens is 311 g/mol. The lowest BCUT2D eigenvalue weighted by atomic mass is 10.2. The Morgan fingerprint density at radius 2 is 2.25 bits per heavy atom. The first-order valence-electron chi connectivity index (χ1n) is 7.97. The summed E-state index contributed by atoms with van der Waals surface area (Å²) in [4.78, 5) is 16.7. The number of nitrogens with zero attached hydrogens (tertiary/aromatic N) is 3. The minimum atomic E-state index is -0.317. The first-order valence-corrected chi connectivity index (χ1v) is 7.97. The number of aromatic nitrogens is 3. The molecule has 1 saturated carbocycles. The maximum absolute atomic E-state index is 13.3. The first-order chi connectivity index (χ1) is 11.6. The van der Waals surface area contributed by atoms with E-state index in [2.05, 4.69) is 15.5 Å². The van der Waals surface area contributed by atoms with E-state index in [0.717, 1.165) is 24.2 Å². The lowest BCUT2D eigenvalue weighted by Crippen LogP contribution is -2.27. The van der Waals surface area contributed by atoms with Crippen molar-refractivity contribution in [3.63, 3.8) is 0 Å². The van der Waals surface area contributed by atoms with Crippen molar-refractivity contribution in [2.45, 2.75) is 25.2 Å². The summed E-state index contributed by atoms with van der Waals surface area (Å²) in [5.74, 6) is 1.23. The van der Waals surface area contributed by atoms with Gasteiger partial charge in [-0.2, -0.15) is 4.98 Å². The summed E-state index contributed by atoms with van der Waals surface area (Å²) in [6, 6.07) is 6.16. The molecule has 1 amide bonds. The summed E-state index contributed by atoms with van der Waals surface area (Å²) in [6.45, 7) is 0.404. The molecule has 124 valence electrons. The quantitative estimate of drug-likeness (QED) is 0.781. The molecule has 2 heterocycles. The smallest absolute Gasteiger partial charge is 0.267 e. The van der Waals surface area contributed by atoms with Crippen molar-refractivity contribution < 1.29 is 13.7 Å². The number of halogens is 1. The number of amides is 1. The summed E-state index contributed by atoms with van der Waals surface area (Å²) in [5, 5.41) is 7.49. The van der Waals surface area contributed by atoms with E-state index in [0.29, 0.717) is 35.9 Å². The maximum Gasteiger partial charge on any atom is 0.267 e. The van der Waals surface area contributed by atoms with Gasteiger partial charge in [-0.05, 0) is 37.1 Å². The summed E-state index contributed by atoms with van der Waals surface area (Å²) in [5.41, 5.74) is 1.30. The molecule has 7 heteroatoms. The number of nitrogens with one attached hydrogen (secondary N) is 1. The maximum atomic E-state index is 13.3. The molecule has 0 atom stereocenters. The molecule has 4 rings (SSSR count). The topological polar surface area (TPSA) is 73.0 Å². The molecule has 1 aliphatic rings. The van der Waals surface area contributed by atoms with Gasteiger partial charge in [0.15, 0.2) is 5.82 Å². The van der Waals surface area contributed by atoms with Gasteiger partial charge in [0.1, 0.15) is 11.5 Å². The SMILES string of the molecule is Cn1c(C(=O)NCCc2nc(C3CC3)no2)cc2cc(F)ccc21. The Morgan fingerprint density at radius 3 is 3.04 bits per heavy atom. The average molecular weight is 328 g/mol. The molecule has 3 aromatic rings. The largest absolute Gasteiger partial charge is 0.350 e. The van der Waals surface area contributed by atoms with Crippen LogP contribution in [0.5, 0.6) is 0 Å². The van der Waals surface area contributed by atoms with Crippen molar-refractivity contribution in [1.29, 1.82) is 0 Å². The molecule has 24 heavy (non-hydrogen) atoms. The van der Waals surface area contributed by atoms with Crippen LogP contribution in [0.1, 0.15) is 41.0 Å². The fraction of sp³-hybridized carbons (Fsp3) is 0.353. The molecule has 0 radical (unpaired) electrons. The predicted octanol–water partition coefficient (Wildman–Crippen LogP) is 2.55. The van der Waals surface area contributed by atoms with Gasteiger partial charge in [-0.15, -0.1) is 0 Å². The highest BCUT2D eigenvalue weighted by molar-refractivity contribution is 5.98. The van der Waals surface area contributed by atoms with Crippen LogP contribution in [0.2, 0.25) is 0 Å². The summed E-state index contributed by atoms with van der Waals surface area (Å²) < 4.78 is 20.2. The fourth-order valence-electron chi connectivity index (χ4n) is 2.79. The minimum absolute atomic E-state index is 0.212. The van der Waals surface area contributed by atoms with E-state index >= 15 is 0 Å². The van der Waals surface area contributed by atoms with Crippen molar-refractivity contribution in [2.75, 3.05) is 6.54 Å². The van der Waals surface area contributed by atoms with Crippen molar-refractivity contribution >= 4 is 16.8 Å². The zero-order valence-corrected chi connectivity index (χ0v) is 13.3. The van der Waals surface area contributed by atoms with Crippen LogP contribution in [-0.4, -0.2) is 27.2 Å². The number of benzene rings is 1. The van der Waals surface area contributed by atoms with Crippen LogP contribution >= 0.6 is 0 Å².